The molecule has 0 radical (unpaired) electrons. The van der Waals surface area contributed by atoms with Crippen LogP contribution in [0, 0.1) is 0 Å². The second-order valence-electron chi connectivity index (χ2n) is 4.44. The van der Waals surface area contributed by atoms with Crippen molar-refractivity contribution < 1.29 is 38.1 Å². The van der Waals surface area contributed by atoms with Gasteiger partial charge < -0.3 is 25.1 Å². The quantitative estimate of drug-likeness (QED) is 0.649. The van der Waals surface area contributed by atoms with E-state index in [1.165, 1.54) is 0 Å². The molecule has 7 nitrogen and oxygen atoms in total. The van der Waals surface area contributed by atoms with Gasteiger partial charge in [0.25, 0.3) is 0 Å². The van der Waals surface area contributed by atoms with Crippen molar-refractivity contribution in [2.24, 2.45) is 0 Å². The van der Waals surface area contributed by atoms with Crippen molar-refractivity contribution in [3.05, 3.63) is 0 Å². The highest BCUT2D eigenvalue weighted by Gasteiger charge is 2.42. The van der Waals surface area contributed by atoms with Crippen LogP contribution >= 0.6 is 0 Å². The molecule has 0 unspecified atom stereocenters. The number of aliphatic hydroxyl groups is 2. The van der Waals surface area contributed by atoms with E-state index in [1.54, 1.807) is 0 Å². The summed E-state index contributed by atoms with van der Waals surface area (Å²) in [5.41, 5.74) is 0. The van der Waals surface area contributed by atoms with Gasteiger partial charge in [0.2, 0.25) is 0 Å². The number of nitrogens with zero attached hydrogens (tertiary/aromatic N) is 2. The molecule has 3 N–H and O–H groups in total. The molecule has 0 spiro atoms. The van der Waals surface area contributed by atoms with Crippen molar-refractivity contribution >= 4 is 12.0 Å². The maximum Gasteiger partial charge on any atom is 0.406 e. The third kappa shape index (κ3) is 4.23. The monoisotopic (exact) mass is 300 g/mol. The number of halogens is 3. The number of carboxylic acids is 1. The second kappa shape index (κ2) is 6.27. The lowest BCUT2D eigenvalue weighted by Crippen LogP contribution is -2.51. The summed E-state index contributed by atoms with van der Waals surface area (Å²) in [5.74, 6) is -1.40. The van der Waals surface area contributed by atoms with Crippen molar-refractivity contribution in [2.75, 3.05) is 26.2 Å². The molecule has 1 rings (SSSR count). The van der Waals surface area contributed by atoms with E-state index in [9.17, 15) is 27.9 Å². The molecule has 0 aromatic rings. The number of rotatable bonds is 4. The Kier molecular flexibility index (Phi) is 5.17. The number of carbonyl (C=O) groups excluding carboxylic acids is 1. The lowest BCUT2D eigenvalue weighted by atomic mass is 10.2. The van der Waals surface area contributed by atoms with E-state index < -0.39 is 50.0 Å². The van der Waals surface area contributed by atoms with Gasteiger partial charge in [-0.25, -0.2) is 9.59 Å². The van der Waals surface area contributed by atoms with Crippen molar-refractivity contribution in [1.29, 1.82) is 0 Å². The molecule has 116 valence electrons. The molecule has 0 saturated carbocycles. The predicted octanol–water partition coefficient (Wildman–Crippen LogP) is -0.517. The van der Waals surface area contributed by atoms with E-state index in [-0.39, 0.29) is 13.0 Å². The molecule has 1 fully saturated rings. The number of carboxylic acid groups (broad SMARTS) is 1. The van der Waals surface area contributed by atoms with Gasteiger partial charge in [-0.15, -0.1) is 0 Å². The molecule has 0 bridgehead atoms. The number of urea groups is 1. The van der Waals surface area contributed by atoms with Gasteiger partial charge in [-0.3, -0.25) is 0 Å². The van der Waals surface area contributed by atoms with Crippen LogP contribution in [0.15, 0.2) is 0 Å². The van der Waals surface area contributed by atoms with E-state index in [1.807, 2.05) is 0 Å². The van der Waals surface area contributed by atoms with E-state index in [2.05, 4.69) is 0 Å². The van der Waals surface area contributed by atoms with Crippen LogP contribution in [-0.2, 0) is 4.79 Å². The summed E-state index contributed by atoms with van der Waals surface area (Å²) in [7, 11) is 0. The molecule has 1 aliphatic rings. The fraction of sp³-hybridized carbons (Fsp3) is 0.800. The first kappa shape index (κ1) is 16.5. The molecule has 1 heterocycles. The standard InChI is InChI=1S/C10H15F3N2O5/c11-10(12,13)5-14(1-2-16)9(20)15-4-6(17)3-7(15)8(18)19/h6-7,16-17H,1-5H2,(H,18,19)/t6-,7-/m0/s1. The van der Waals surface area contributed by atoms with Crippen molar-refractivity contribution in [2.45, 2.75) is 24.7 Å². The van der Waals surface area contributed by atoms with Crippen LogP contribution in [0.25, 0.3) is 0 Å². The molecular weight excluding hydrogens is 285 g/mol. The van der Waals surface area contributed by atoms with Gasteiger partial charge in [0.05, 0.1) is 12.7 Å². The molecule has 1 saturated heterocycles. The number of aliphatic carboxylic acids is 1. The fourth-order valence-corrected chi connectivity index (χ4v) is 2.02. The summed E-state index contributed by atoms with van der Waals surface area (Å²) in [5, 5.41) is 27.0. The van der Waals surface area contributed by atoms with E-state index >= 15 is 0 Å². The molecule has 0 aromatic heterocycles. The summed E-state index contributed by atoms with van der Waals surface area (Å²) in [4.78, 5) is 23.9. The van der Waals surface area contributed by atoms with E-state index in [4.69, 9.17) is 10.2 Å². The highest BCUT2D eigenvalue weighted by molar-refractivity contribution is 5.83. The van der Waals surface area contributed by atoms with E-state index in [0.29, 0.717) is 9.80 Å². The van der Waals surface area contributed by atoms with Crippen LogP contribution in [0.2, 0.25) is 0 Å². The molecule has 0 aliphatic carbocycles. The third-order valence-corrected chi connectivity index (χ3v) is 2.82. The van der Waals surface area contributed by atoms with Crippen LogP contribution in [-0.4, -0.2) is 81.7 Å². The Morgan fingerprint density at radius 3 is 2.40 bits per heavy atom. The second-order valence-corrected chi connectivity index (χ2v) is 4.44. The zero-order valence-electron chi connectivity index (χ0n) is 10.4. The average molecular weight is 300 g/mol. The Morgan fingerprint density at radius 1 is 1.35 bits per heavy atom. The summed E-state index contributed by atoms with van der Waals surface area (Å²) in [6.45, 7) is -3.20. The molecular formula is C10H15F3N2O5. The number of likely N-dealkylation sites (tertiary alicyclic amines) is 1. The number of hydrogen-bond donors (Lipinski definition) is 3. The zero-order valence-corrected chi connectivity index (χ0v) is 10.4. The number of aliphatic hydroxyl groups excluding tert-OH is 2. The van der Waals surface area contributed by atoms with Crippen molar-refractivity contribution in [3.8, 4) is 0 Å². The van der Waals surface area contributed by atoms with Gasteiger partial charge in [0.15, 0.2) is 0 Å². The highest BCUT2D eigenvalue weighted by Crippen LogP contribution is 2.22. The third-order valence-electron chi connectivity index (χ3n) is 2.82. The van der Waals surface area contributed by atoms with Crippen LogP contribution < -0.4 is 0 Å². The largest absolute Gasteiger partial charge is 0.480 e. The molecule has 2 amide bonds. The maximum absolute atomic E-state index is 12.3. The first-order valence-electron chi connectivity index (χ1n) is 5.79. The summed E-state index contributed by atoms with van der Waals surface area (Å²) in [6.07, 6.45) is -6.00. The van der Waals surface area contributed by atoms with Gasteiger partial charge in [0.1, 0.15) is 12.6 Å². The van der Waals surface area contributed by atoms with Crippen LogP contribution in [0.1, 0.15) is 6.42 Å². The lowest BCUT2D eigenvalue weighted by molar-refractivity contribution is -0.144. The van der Waals surface area contributed by atoms with E-state index in [0.717, 1.165) is 0 Å². The average Bonchev–Trinajstić information content (AvgIpc) is 2.68. The first-order valence-corrected chi connectivity index (χ1v) is 5.79. The summed E-state index contributed by atoms with van der Waals surface area (Å²) >= 11 is 0. The summed E-state index contributed by atoms with van der Waals surface area (Å²) < 4.78 is 37.0. The Morgan fingerprint density at radius 2 is 1.95 bits per heavy atom. The zero-order chi connectivity index (χ0) is 15.5. The molecule has 2 atom stereocenters. The minimum absolute atomic E-state index is 0.236. The number of β-amino-alcohol motifs (C(OH)–C–C–N with tert-alkyl or cyclic N) is 1. The topological polar surface area (TPSA) is 101 Å². The van der Waals surface area contributed by atoms with Crippen LogP contribution in [0.3, 0.4) is 0 Å². The number of amides is 2. The maximum atomic E-state index is 12.3. The van der Waals surface area contributed by atoms with Gasteiger partial charge in [-0.2, -0.15) is 13.2 Å². The first-order chi connectivity index (χ1) is 9.15. The van der Waals surface area contributed by atoms with Gasteiger partial charge >= 0.3 is 18.2 Å². The predicted molar refractivity (Wildman–Crippen MR) is 58.9 cm³/mol. The Balaban J connectivity index is 2.85. The van der Waals surface area contributed by atoms with Crippen LogP contribution in [0.5, 0.6) is 0 Å². The minimum Gasteiger partial charge on any atom is -0.480 e. The molecule has 1 aliphatic heterocycles. The Labute approximate surface area is 112 Å². The van der Waals surface area contributed by atoms with Gasteiger partial charge in [-0.1, -0.05) is 0 Å². The van der Waals surface area contributed by atoms with Crippen molar-refractivity contribution in [1.82, 2.24) is 9.80 Å². The van der Waals surface area contributed by atoms with Gasteiger partial charge in [0, 0.05) is 19.5 Å². The number of carbonyl (C=O) groups is 2. The fourth-order valence-electron chi connectivity index (χ4n) is 2.02. The SMILES string of the molecule is O=C(O)[C@@H]1C[C@H](O)CN1C(=O)N(CCO)CC(F)(F)F. The van der Waals surface area contributed by atoms with Gasteiger partial charge in [-0.05, 0) is 0 Å². The lowest BCUT2D eigenvalue weighted by Gasteiger charge is -2.30. The number of alkyl halides is 3. The highest BCUT2D eigenvalue weighted by atomic mass is 19.4. The molecule has 10 heteroatoms. The summed E-state index contributed by atoms with van der Waals surface area (Å²) in [6, 6.07) is -2.53. The Hall–Kier alpha value is -1.55. The Bertz CT molecular complexity index is 376. The van der Waals surface area contributed by atoms with Crippen molar-refractivity contribution in [3.63, 3.8) is 0 Å². The molecule has 0 aromatic carbocycles. The number of hydrogen-bond acceptors (Lipinski definition) is 4. The minimum atomic E-state index is -4.66. The molecule has 20 heavy (non-hydrogen) atoms. The smallest absolute Gasteiger partial charge is 0.406 e. The van der Waals surface area contributed by atoms with Crippen LogP contribution in [0.4, 0.5) is 18.0 Å². The normalized spacial score (nSPS) is 22.9.